The lowest BCUT2D eigenvalue weighted by Crippen LogP contribution is -2.49. The van der Waals surface area contributed by atoms with Crippen molar-refractivity contribution >= 4 is 39.3 Å². The maximum absolute atomic E-state index is 13.1. The Morgan fingerprint density at radius 1 is 1.06 bits per heavy atom. The minimum Gasteiger partial charge on any atom is -0.481 e. The Kier molecular flexibility index (Phi) is 6.80. The monoisotopic (exact) mass is 491 g/mol. The fourth-order valence-corrected chi connectivity index (χ4v) is 6.37. The van der Waals surface area contributed by atoms with E-state index in [9.17, 15) is 22.8 Å². The molecule has 1 aromatic heterocycles. The van der Waals surface area contributed by atoms with E-state index in [1.54, 1.807) is 45.9 Å². The summed E-state index contributed by atoms with van der Waals surface area (Å²) in [5.41, 5.74) is 1.06. The van der Waals surface area contributed by atoms with Crippen molar-refractivity contribution < 1.29 is 23.1 Å². The number of carbonyl (C=O) groups excluding carboxylic acids is 1. The summed E-state index contributed by atoms with van der Waals surface area (Å²) < 4.78 is 29.2. The number of anilines is 1. The molecule has 0 spiro atoms. The van der Waals surface area contributed by atoms with Gasteiger partial charge in [-0.2, -0.15) is 0 Å². The first-order valence-corrected chi connectivity index (χ1v) is 13.4. The number of carbonyl (C=O) groups is 2. The standard InChI is InChI=1S/C22H25N3O6S2/c26-20(12-32-13-21(27)28)24-9-16-8-17(11-24)19-7-6-18(22(29)25(19)10-16)23-33(30,31)14-15-4-2-1-3-5-15/h1-7,16-17,23H,8-14H2,(H,27,28)/t16-,17-/m1/s1. The van der Waals surface area contributed by atoms with Crippen LogP contribution in [0.3, 0.4) is 0 Å². The number of aliphatic carboxylic acids is 1. The van der Waals surface area contributed by atoms with Crippen molar-refractivity contribution in [2.75, 3.05) is 29.3 Å². The van der Waals surface area contributed by atoms with Crippen LogP contribution in [0.15, 0.2) is 47.3 Å². The fourth-order valence-electron chi connectivity index (χ4n) is 4.54. The number of benzene rings is 1. The van der Waals surface area contributed by atoms with Gasteiger partial charge in [0.15, 0.2) is 0 Å². The van der Waals surface area contributed by atoms with E-state index in [0.717, 1.165) is 23.9 Å². The van der Waals surface area contributed by atoms with Crippen LogP contribution in [0.2, 0.25) is 0 Å². The summed E-state index contributed by atoms with van der Waals surface area (Å²) in [4.78, 5) is 38.0. The summed E-state index contributed by atoms with van der Waals surface area (Å²) in [5.74, 6) is -1.22. The second-order valence-electron chi connectivity index (χ2n) is 8.42. The number of thioether (sulfide) groups is 1. The molecule has 2 N–H and O–H groups in total. The van der Waals surface area contributed by atoms with Crippen LogP contribution in [0.1, 0.15) is 23.6 Å². The zero-order valence-electron chi connectivity index (χ0n) is 17.8. The van der Waals surface area contributed by atoms with Crippen molar-refractivity contribution in [2.24, 2.45) is 5.92 Å². The highest BCUT2D eigenvalue weighted by Gasteiger charge is 2.36. The summed E-state index contributed by atoms with van der Waals surface area (Å²) >= 11 is 1.08. The van der Waals surface area contributed by atoms with E-state index in [1.807, 2.05) is 0 Å². The van der Waals surface area contributed by atoms with Gasteiger partial charge in [-0.05, 0) is 30.0 Å². The molecular formula is C22H25N3O6S2. The number of piperidine rings is 1. The first-order chi connectivity index (χ1) is 15.7. The van der Waals surface area contributed by atoms with Crippen molar-refractivity contribution in [3.8, 4) is 0 Å². The van der Waals surface area contributed by atoms with E-state index in [1.165, 1.54) is 6.07 Å². The lowest BCUT2D eigenvalue weighted by Gasteiger charge is -2.43. The van der Waals surface area contributed by atoms with E-state index >= 15 is 0 Å². The van der Waals surface area contributed by atoms with Crippen LogP contribution in [-0.2, 0) is 31.9 Å². The third kappa shape index (κ3) is 5.59. The number of fused-ring (bicyclic) bond motifs is 4. The first kappa shape index (κ1) is 23.4. The highest BCUT2D eigenvalue weighted by atomic mass is 32.2. The number of nitrogens with zero attached hydrogens (tertiary/aromatic N) is 2. The number of rotatable bonds is 8. The predicted octanol–water partition coefficient (Wildman–Crippen LogP) is 1.55. The van der Waals surface area contributed by atoms with Crippen LogP contribution in [0.5, 0.6) is 0 Å². The molecule has 0 radical (unpaired) electrons. The van der Waals surface area contributed by atoms with Gasteiger partial charge < -0.3 is 14.6 Å². The lowest BCUT2D eigenvalue weighted by atomic mass is 9.83. The molecule has 33 heavy (non-hydrogen) atoms. The molecular weight excluding hydrogens is 466 g/mol. The van der Waals surface area contributed by atoms with Gasteiger partial charge in [0, 0.05) is 31.2 Å². The summed E-state index contributed by atoms with van der Waals surface area (Å²) in [5, 5.41) is 8.75. The van der Waals surface area contributed by atoms with E-state index in [-0.39, 0.29) is 46.2 Å². The molecule has 9 nitrogen and oxygen atoms in total. The van der Waals surface area contributed by atoms with Crippen molar-refractivity contribution in [3.63, 3.8) is 0 Å². The number of sulfonamides is 1. The predicted molar refractivity (Wildman–Crippen MR) is 126 cm³/mol. The molecule has 1 aromatic carbocycles. The summed E-state index contributed by atoms with van der Waals surface area (Å²) in [6.07, 6.45) is 0.852. The molecule has 2 bridgehead atoms. The lowest BCUT2D eigenvalue weighted by molar-refractivity contribution is -0.133. The Labute approximate surface area is 195 Å². The zero-order chi connectivity index (χ0) is 23.6. The first-order valence-electron chi connectivity index (χ1n) is 10.6. The molecule has 0 saturated carbocycles. The largest absolute Gasteiger partial charge is 0.481 e. The third-order valence-corrected chi connectivity index (χ3v) is 8.02. The average molecular weight is 492 g/mol. The van der Waals surface area contributed by atoms with E-state index < -0.39 is 16.0 Å². The molecule has 3 heterocycles. The molecule has 1 amide bonds. The van der Waals surface area contributed by atoms with Crippen molar-refractivity contribution in [1.82, 2.24) is 9.47 Å². The van der Waals surface area contributed by atoms with Crippen molar-refractivity contribution in [1.29, 1.82) is 0 Å². The van der Waals surface area contributed by atoms with E-state index in [4.69, 9.17) is 5.11 Å². The SMILES string of the molecule is O=C(O)CSCC(=O)N1C[C@H]2C[C@H](C1)c1ccc(NS(=O)(=O)Cc3ccccc3)c(=O)n1C2. The minimum absolute atomic E-state index is 0.0198. The number of amides is 1. The second kappa shape index (κ2) is 9.60. The minimum atomic E-state index is -3.75. The van der Waals surface area contributed by atoms with E-state index in [2.05, 4.69) is 4.72 Å². The Morgan fingerprint density at radius 2 is 1.82 bits per heavy atom. The molecule has 1 saturated heterocycles. The molecule has 1 fully saturated rings. The molecule has 176 valence electrons. The maximum atomic E-state index is 13.1. The van der Waals surface area contributed by atoms with Gasteiger partial charge in [-0.1, -0.05) is 30.3 Å². The number of hydrogen-bond acceptors (Lipinski definition) is 6. The quantitative estimate of drug-likeness (QED) is 0.574. The maximum Gasteiger partial charge on any atom is 0.313 e. The van der Waals surface area contributed by atoms with Crippen LogP contribution in [0, 0.1) is 5.92 Å². The highest BCUT2D eigenvalue weighted by molar-refractivity contribution is 8.00. The number of carboxylic acid groups (broad SMARTS) is 1. The third-order valence-electron chi connectivity index (χ3n) is 5.87. The van der Waals surface area contributed by atoms with E-state index in [0.29, 0.717) is 25.2 Å². The Hall–Kier alpha value is -2.79. The summed E-state index contributed by atoms with van der Waals surface area (Å²) in [6.45, 7) is 1.37. The normalized spacial score (nSPS) is 19.6. The number of likely N-dealkylation sites (tertiary alicyclic amines) is 1. The topological polar surface area (TPSA) is 126 Å². The Balaban J connectivity index is 1.48. The summed E-state index contributed by atoms with van der Waals surface area (Å²) in [6, 6.07) is 12.0. The number of nitrogens with one attached hydrogen (secondary N) is 1. The molecule has 2 aliphatic heterocycles. The van der Waals surface area contributed by atoms with Gasteiger partial charge in [0.05, 0.1) is 17.3 Å². The molecule has 11 heteroatoms. The smallest absolute Gasteiger partial charge is 0.313 e. The molecule has 0 unspecified atom stereocenters. The molecule has 2 aliphatic rings. The van der Waals surface area contributed by atoms with Crippen LogP contribution in [0.4, 0.5) is 5.69 Å². The van der Waals surface area contributed by atoms with Gasteiger partial charge >= 0.3 is 5.97 Å². The average Bonchev–Trinajstić information content (AvgIpc) is 2.76. The number of aromatic nitrogens is 1. The highest BCUT2D eigenvalue weighted by Crippen LogP contribution is 2.35. The van der Waals surface area contributed by atoms with Gasteiger partial charge in [0.1, 0.15) is 5.69 Å². The fraction of sp³-hybridized carbons (Fsp3) is 0.409. The second-order valence-corrected chi connectivity index (χ2v) is 11.1. The Bertz CT molecular complexity index is 1210. The number of pyridine rings is 1. The molecule has 0 aliphatic carbocycles. The van der Waals surface area contributed by atoms with Crippen LogP contribution in [0.25, 0.3) is 0 Å². The molecule has 4 rings (SSSR count). The molecule has 2 atom stereocenters. The number of hydrogen-bond donors (Lipinski definition) is 2. The van der Waals surface area contributed by atoms with Gasteiger partial charge in [0.25, 0.3) is 5.56 Å². The van der Waals surface area contributed by atoms with Crippen LogP contribution in [-0.4, -0.2) is 59.5 Å². The number of carboxylic acids is 1. The van der Waals surface area contributed by atoms with Gasteiger partial charge in [0.2, 0.25) is 15.9 Å². The Morgan fingerprint density at radius 3 is 2.55 bits per heavy atom. The van der Waals surface area contributed by atoms with Crippen molar-refractivity contribution in [3.05, 3.63) is 64.1 Å². The summed E-state index contributed by atoms with van der Waals surface area (Å²) in [7, 11) is -3.75. The van der Waals surface area contributed by atoms with Crippen LogP contribution < -0.4 is 10.3 Å². The van der Waals surface area contributed by atoms with Crippen molar-refractivity contribution in [2.45, 2.75) is 24.6 Å². The van der Waals surface area contributed by atoms with Gasteiger partial charge in [-0.15, -0.1) is 11.8 Å². The zero-order valence-corrected chi connectivity index (χ0v) is 19.5. The molecule has 2 aromatic rings. The van der Waals surface area contributed by atoms with Gasteiger partial charge in [-0.25, -0.2) is 8.42 Å². The van der Waals surface area contributed by atoms with Gasteiger partial charge in [-0.3, -0.25) is 19.1 Å². The van der Waals surface area contributed by atoms with Crippen LogP contribution >= 0.6 is 11.8 Å².